The Morgan fingerprint density at radius 1 is 0.770 bits per heavy atom. The van der Waals surface area contributed by atoms with Crippen molar-refractivity contribution in [1.29, 1.82) is 0 Å². The third kappa shape index (κ3) is 8.46. The van der Waals surface area contributed by atoms with Crippen molar-refractivity contribution in [3.63, 3.8) is 0 Å². The summed E-state index contributed by atoms with van der Waals surface area (Å²) in [7, 11) is 2.61. The van der Waals surface area contributed by atoms with Crippen molar-refractivity contribution < 1.29 is 28.7 Å². The van der Waals surface area contributed by atoms with E-state index in [-0.39, 0.29) is 41.7 Å². The number of fused-ring (bicyclic) bond motifs is 2. The number of nitrogens with one attached hydrogen (secondary N) is 3. The van der Waals surface area contributed by atoms with Crippen LogP contribution in [-0.4, -0.2) is 94.9 Å². The Morgan fingerprint density at radius 3 is 1.93 bits per heavy atom. The third-order valence-electron chi connectivity index (χ3n) is 12.0. The summed E-state index contributed by atoms with van der Waals surface area (Å²) in [5, 5.41) is 7.61. The maximum atomic E-state index is 14.1. The van der Waals surface area contributed by atoms with Gasteiger partial charge in [0, 0.05) is 49.9 Å². The fourth-order valence-electron chi connectivity index (χ4n) is 8.86. The number of hydrogen-bond acceptors (Lipinski definition) is 11. The molecule has 61 heavy (non-hydrogen) atoms. The minimum atomic E-state index is -0.730. The molecule has 322 valence electrons. The average molecular weight is 884 g/mol. The van der Waals surface area contributed by atoms with Gasteiger partial charge >= 0.3 is 12.2 Å². The van der Waals surface area contributed by atoms with Crippen LogP contribution in [0.4, 0.5) is 15.3 Å². The molecule has 1 aromatic carbocycles. The molecule has 5 aromatic rings. The molecule has 0 radical (unpaired) electrons. The van der Waals surface area contributed by atoms with Gasteiger partial charge in [-0.2, -0.15) is 0 Å². The molecule has 16 heteroatoms. The molecule has 8 rings (SSSR count). The molecule has 2 saturated heterocycles. The molecule has 2 fully saturated rings. The number of likely N-dealkylation sites (tertiary alicyclic amines) is 2. The average Bonchev–Trinajstić information content (AvgIpc) is 4.09. The number of thiophene rings is 3. The standard InChI is InChI=1S/C45H53N7O6S3/c1-22(2)37(49-44(55)57-7)42(53)51-20-24(5)15-30(51)28-17-34-29(46-28)18-33(61-34)26-9-11-27(12-10-26)39-40(36-19-35-32(60-36)13-14-59-35)48-41(47-39)31-16-25(6)21-52(31)43(54)38(23(3)4)50-45(56)58-8/h9-14,18-19,22-25,30-31,37-38H,15-17,20-21H2,1-8H3,(H,47,48)(H,49,55)(H,50,56)/t24-,25-,30-,31-,37-,38-/m0/s1. The number of alkyl carbamates (subject to hydrolysis) is 2. The van der Waals surface area contributed by atoms with Crippen LogP contribution >= 0.6 is 34.0 Å². The molecule has 7 heterocycles. The zero-order chi connectivity index (χ0) is 43.3. The van der Waals surface area contributed by atoms with Crippen LogP contribution in [0.2, 0.25) is 0 Å². The summed E-state index contributed by atoms with van der Waals surface area (Å²) < 4.78 is 12.1. The summed E-state index contributed by atoms with van der Waals surface area (Å²) in [6, 6.07) is 13.2. The van der Waals surface area contributed by atoms with Crippen LogP contribution in [0.3, 0.4) is 0 Å². The highest BCUT2D eigenvalue weighted by Crippen LogP contribution is 2.45. The van der Waals surface area contributed by atoms with Gasteiger partial charge < -0.3 is 34.9 Å². The highest BCUT2D eigenvalue weighted by molar-refractivity contribution is 7.28. The fourth-order valence-corrected chi connectivity index (χ4v) is 12.1. The maximum absolute atomic E-state index is 14.1. The van der Waals surface area contributed by atoms with E-state index in [1.165, 1.54) is 28.5 Å². The highest BCUT2D eigenvalue weighted by atomic mass is 32.1. The van der Waals surface area contributed by atoms with Crippen LogP contribution in [0, 0.1) is 23.7 Å². The largest absolute Gasteiger partial charge is 0.453 e. The number of rotatable bonds is 11. The minimum absolute atomic E-state index is 0.100. The first kappa shape index (κ1) is 42.6. The lowest BCUT2D eigenvalue weighted by Gasteiger charge is -2.31. The van der Waals surface area contributed by atoms with Gasteiger partial charge in [0.15, 0.2) is 0 Å². The zero-order valence-corrected chi connectivity index (χ0v) is 38.2. The number of amides is 4. The normalized spacial score (nSPS) is 20.9. The van der Waals surface area contributed by atoms with Gasteiger partial charge in [-0.1, -0.05) is 65.8 Å². The number of benzene rings is 1. The smallest absolute Gasteiger partial charge is 0.407 e. The van der Waals surface area contributed by atoms with E-state index >= 15 is 0 Å². The van der Waals surface area contributed by atoms with E-state index < -0.39 is 24.3 Å². The Labute approximate surface area is 367 Å². The zero-order valence-electron chi connectivity index (χ0n) is 35.7. The third-order valence-corrected chi connectivity index (χ3v) is 15.3. The number of nitrogens with zero attached hydrogens (tertiary/aromatic N) is 4. The number of carbonyl (C=O) groups excluding carboxylic acids is 4. The second-order valence-electron chi connectivity index (χ2n) is 17.3. The highest BCUT2D eigenvalue weighted by Gasteiger charge is 2.43. The summed E-state index contributed by atoms with van der Waals surface area (Å²) in [6.45, 7) is 13.2. The number of ether oxygens (including phenoxy) is 2. The van der Waals surface area contributed by atoms with Crippen LogP contribution in [-0.2, 0) is 25.5 Å². The lowest BCUT2D eigenvalue weighted by molar-refractivity contribution is -0.136. The summed E-state index contributed by atoms with van der Waals surface area (Å²) in [5.74, 6) is 0.794. The van der Waals surface area contributed by atoms with Gasteiger partial charge in [0.05, 0.1) is 48.3 Å². The molecule has 3 N–H and O–H groups in total. The molecular weight excluding hydrogens is 831 g/mol. The number of imidazole rings is 1. The summed E-state index contributed by atoms with van der Waals surface area (Å²) in [6.07, 6.45) is 1.02. The van der Waals surface area contributed by atoms with E-state index in [2.05, 4.69) is 77.3 Å². The SMILES string of the molecule is COC(=O)N[C@H](C(=O)N1C[C@@H](C)C[C@H]1C1=Nc2cc(-c3ccc(-c4nc([C@@H]5C[C@H](C)CN5C(=O)[C@@H](NC(=O)OC)C(C)C)[nH]c4-c4cc5sccc5s4)cc3)sc2C1)C(C)C. The predicted molar refractivity (Wildman–Crippen MR) is 243 cm³/mol. The van der Waals surface area contributed by atoms with Crippen molar-refractivity contribution in [3.05, 3.63) is 58.5 Å². The first-order valence-electron chi connectivity index (χ1n) is 20.9. The molecule has 13 nitrogen and oxygen atoms in total. The summed E-state index contributed by atoms with van der Waals surface area (Å²) in [4.78, 5) is 73.5. The molecule has 0 bridgehead atoms. The summed E-state index contributed by atoms with van der Waals surface area (Å²) in [5.41, 5.74) is 5.72. The van der Waals surface area contributed by atoms with E-state index in [4.69, 9.17) is 19.5 Å². The van der Waals surface area contributed by atoms with E-state index in [0.29, 0.717) is 25.4 Å². The van der Waals surface area contributed by atoms with Gasteiger partial charge in [0.25, 0.3) is 0 Å². The first-order chi connectivity index (χ1) is 29.2. The van der Waals surface area contributed by atoms with Gasteiger partial charge in [-0.3, -0.25) is 14.6 Å². The molecule has 3 aliphatic heterocycles. The van der Waals surface area contributed by atoms with Crippen LogP contribution in [0.1, 0.15) is 71.1 Å². The van der Waals surface area contributed by atoms with E-state index in [9.17, 15) is 19.2 Å². The number of aromatic amines is 1. The number of carbonyl (C=O) groups is 4. The van der Waals surface area contributed by atoms with Gasteiger partial charge in [-0.25, -0.2) is 14.6 Å². The van der Waals surface area contributed by atoms with Crippen molar-refractivity contribution in [1.82, 2.24) is 30.4 Å². The minimum Gasteiger partial charge on any atom is -0.453 e. The number of aliphatic imine (C=N–C) groups is 1. The Kier molecular flexibility index (Phi) is 12.1. The lowest BCUT2D eigenvalue weighted by Crippen LogP contribution is -2.53. The fraction of sp³-hybridized carbons (Fsp3) is 0.467. The van der Waals surface area contributed by atoms with Gasteiger partial charge in [0.1, 0.15) is 17.9 Å². The second-order valence-corrected chi connectivity index (χ2v) is 20.5. The quantitative estimate of drug-likeness (QED) is 0.119. The first-order valence-corrected chi connectivity index (χ1v) is 23.4. The Bertz CT molecular complexity index is 2450. The van der Waals surface area contributed by atoms with E-state index in [0.717, 1.165) is 62.3 Å². The van der Waals surface area contributed by atoms with Gasteiger partial charge in [-0.15, -0.1) is 34.0 Å². The van der Waals surface area contributed by atoms with Crippen molar-refractivity contribution in [2.24, 2.45) is 28.7 Å². The second kappa shape index (κ2) is 17.4. The van der Waals surface area contributed by atoms with Gasteiger partial charge in [0.2, 0.25) is 11.8 Å². The van der Waals surface area contributed by atoms with Crippen LogP contribution in [0.25, 0.3) is 41.7 Å². The van der Waals surface area contributed by atoms with Crippen molar-refractivity contribution in [2.45, 2.75) is 85.0 Å². The van der Waals surface area contributed by atoms with Crippen LogP contribution in [0.5, 0.6) is 0 Å². The number of H-pyrrole nitrogens is 1. The Hall–Kier alpha value is -5.06. The van der Waals surface area contributed by atoms with Crippen LogP contribution < -0.4 is 10.6 Å². The maximum Gasteiger partial charge on any atom is 0.407 e. The molecule has 3 aliphatic rings. The summed E-state index contributed by atoms with van der Waals surface area (Å²) >= 11 is 5.16. The number of hydrogen-bond donors (Lipinski definition) is 3. The van der Waals surface area contributed by atoms with Gasteiger partial charge in [-0.05, 0) is 65.7 Å². The molecule has 0 saturated carbocycles. The Balaban J connectivity index is 1.06. The van der Waals surface area contributed by atoms with Crippen LogP contribution in [0.15, 0.2) is 52.8 Å². The van der Waals surface area contributed by atoms with Crippen molar-refractivity contribution in [3.8, 4) is 32.3 Å². The molecular formula is C45H53N7O6S3. The number of aromatic nitrogens is 2. The molecule has 4 aromatic heterocycles. The number of methoxy groups -OCH3 is 2. The van der Waals surface area contributed by atoms with Crippen molar-refractivity contribution in [2.75, 3.05) is 27.3 Å². The topological polar surface area (TPSA) is 158 Å². The molecule has 0 aliphatic carbocycles. The van der Waals surface area contributed by atoms with E-state index in [1.807, 2.05) is 37.5 Å². The monoisotopic (exact) mass is 883 g/mol. The van der Waals surface area contributed by atoms with E-state index in [1.54, 1.807) is 34.0 Å². The van der Waals surface area contributed by atoms with Crippen molar-refractivity contribution >= 4 is 78.8 Å². The lowest BCUT2D eigenvalue weighted by atomic mass is 10.0. The predicted octanol–water partition coefficient (Wildman–Crippen LogP) is 9.28. The molecule has 0 unspecified atom stereocenters. The molecule has 0 spiro atoms. The molecule has 4 amide bonds. The molecule has 6 atom stereocenters. The Morgan fingerprint density at radius 2 is 1.36 bits per heavy atom.